The summed E-state index contributed by atoms with van der Waals surface area (Å²) in [5, 5.41) is 2.88. The van der Waals surface area contributed by atoms with Crippen LogP contribution in [0.1, 0.15) is 43.6 Å². The number of carbonyl (C=O) groups is 1. The van der Waals surface area contributed by atoms with E-state index in [1.54, 1.807) is 24.3 Å². The molecule has 2 N–H and O–H groups in total. The van der Waals surface area contributed by atoms with Gasteiger partial charge >= 0.3 is 0 Å². The summed E-state index contributed by atoms with van der Waals surface area (Å²) in [6, 6.07) is 12.2. The zero-order valence-electron chi connectivity index (χ0n) is 18.1. The molecule has 0 heterocycles. The molecule has 8 heteroatoms. The van der Waals surface area contributed by atoms with Crippen molar-refractivity contribution in [3.8, 4) is 0 Å². The monoisotopic (exact) mass is 495 g/mol. The molecule has 30 heavy (non-hydrogen) atoms. The average Bonchev–Trinajstić information content (AvgIpc) is 2.67. The summed E-state index contributed by atoms with van der Waals surface area (Å²) >= 11 is 3.36. The molecular formula is C22H30BrN3O3S. The highest BCUT2D eigenvalue weighted by atomic mass is 79.9. The molecule has 0 fully saturated rings. The topological polar surface area (TPSA) is 78.5 Å². The number of nitrogens with zero attached hydrogens (tertiary/aromatic N) is 1. The number of carbonyl (C=O) groups excluding carboxylic acids is 1. The molecule has 164 valence electrons. The third-order valence-electron chi connectivity index (χ3n) is 4.75. The van der Waals surface area contributed by atoms with Crippen LogP contribution in [0.3, 0.4) is 0 Å². The molecule has 6 nitrogen and oxygen atoms in total. The molecule has 0 bridgehead atoms. The Hall–Kier alpha value is -1.90. The average molecular weight is 496 g/mol. The first-order valence-electron chi connectivity index (χ1n) is 9.94. The summed E-state index contributed by atoms with van der Waals surface area (Å²) in [5.41, 5.74) is 1.69. The minimum Gasteiger partial charge on any atom is -0.351 e. The fourth-order valence-electron chi connectivity index (χ4n) is 3.24. The van der Waals surface area contributed by atoms with Crippen molar-refractivity contribution >= 4 is 37.5 Å². The van der Waals surface area contributed by atoms with Crippen LogP contribution in [0.2, 0.25) is 0 Å². The minimum atomic E-state index is -3.83. The van der Waals surface area contributed by atoms with E-state index in [1.165, 1.54) is 12.1 Å². The highest BCUT2D eigenvalue weighted by molar-refractivity contribution is 9.10. The number of amides is 1. The summed E-state index contributed by atoms with van der Waals surface area (Å²) < 4.78 is 28.9. The maximum atomic E-state index is 12.8. The second-order valence-corrected chi connectivity index (χ2v) is 10.3. The molecule has 2 aromatic carbocycles. The van der Waals surface area contributed by atoms with E-state index in [9.17, 15) is 13.2 Å². The van der Waals surface area contributed by atoms with Gasteiger partial charge in [-0.3, -0.25) is 14.4 Å². The van der Waals surface area contributed by atoms with Crippen LogP contribution in [-0.4, -0.2) is 44.4 Å². The van der Waals surface area contributed by atoms with Gasteiger partial charge in [0.2, 0.25) is 0 Å². The van der Waals surface area contributed by atoms with E-state index >= 15 is 0 Å². The zero-order valence-corrected chi connectivity index (χ0v) is 20.5. The summed E-state index contributed by atoms with van der Waals surface area (Å²) in [6.45, 7) is 11.6. The normalized spacial score (nSPS) is 11.9. The lowest BCUT2D eigenvalue weighted by Gasteiger charge is -2.30. The van der Waals surface area contributed by atoms with Gasteiger partial charge in [0.05, 0.1) is 10.6 Å². The Morgan fingerprint density at radius 2 is 1.73 bits per heavy atom. The molecule has 1 amide bonds. The number of hydrogen-bond donors (Lipinski definition) is 2. The first-order chi connectivity index (χ1) is 14.0. The van der Waals surface area contributed by atoms with E-state index < -0.39 is 10.0 Å². The van der Waals surface area contributed by atoms with Crippen LogP contribution >= 0.6 is 15.9 Å². The predicted molar refractivity (Wildman–Crippen MR) is 125 cm³/mol. The fraction of sp³-hybridized carbons (Fsp3) is 0.409. The third kappa shape index (κ3) is 6.55. The van der Waals surface area contributed by atoms with E-state index in [1.807, 2.05) is 13.0 Å². The Balaban J connectivity index is 2.11. The van der Waals surface area contributed by atoms with Gasteiger partial charge in [-0.1, -0.05) is 12.1 Å². The minimum absolute atomic E-state index is 0.0366. The van der Waals surface area contributed by atoms with Crippen molar-refractivity contribution in [2.24, 2.45) is 0 Å². The predicted octanol–water partition coefficient (Wildman–Crippen LogP) is 4.41. The van der Waals surface area contributed by atoms with Crippen LogP contribution < -0.4 is 10.0 Å². The first kappa shape index (κ1) is 24.4. The number of halogens is 1. The number of hydrogen-bond acceptors (Lipinski definition) is 4. The Labute approximate surface area is 188 Å². The van der Waals surface area contributed by atoms with Gasteiger partial charge in [-0.05, 0) is 86.4 Å². The molecule has 0 saturated carbocycles. The smallest absolute Gasteiger partial charge is 0.261 e. The highest BCUT2D eigenvalue weighted by Gasteiger charge is 2.18. The van der Waals surface area contributed by atoms with Crippen molar-refractivity contribution in [3.63, 3.8) is 0 Å². The van der Waals surface area contributed by atoms with Gasteiger partial charge in [0.15, 0.2) is 0 Å². The molecule has 2 aromatic rings. The van der Waals surface area contributed by atoms with E-state index in [2.05, 4.69) is 58.6 Å². The lowest BCUT2D eigenvalue weighted by molar-refractivity contribution is 0.0939. The summed E-state index contributed by atoms with van der Waals surface area (Å²) in [7, 11) is -3.83. The second kappa shape index (κ2) is 10.4. The molecule has 0 spiro atoms. The third-order valence-corrected chi connectivity index (χ3v) is 6.81. The summed E-state index contributed by atoms with van der Waals surface area (Å²) in [4.78, 5) is 14.9. The number of sulfonamides is 1. The van der Waals surface area contributed by atoms with Gasteiger partial charge in [0, 0.05) is 35.2 Å². The molecule has 0 aromatic heterocycles. The fourth-order valence-corrected chi connectivity index (χ4v) is 4.83. The van der Waals surface area contributed by atoms with Gasteiger partial charge in [-0.2, -0.15) is 0 Å². The van der Waals surface area contributed by atoms with Crippen LogP contribution in [0.25, 0.3) is 0 Å². The quantitative estimate of drug-likeness (QED) is 0.539. The highest BCUT2D eigenvalue weighted by Crippen LogP contribution is 2.26. The standard InChI is InChI=1S/C22H30BrN3O3S/c1-15(2)26(16(3)4)12-11-24-22(27)18-7-6-8-19(14-18)30(28,29)25-21-13-17(5)9-10-20(21)23/h6-10,13-16,25H,11-12H2,1-5H3,(H,24,27). The van der Waals surface area contributed by atoms with Gasteiger partial charge in [-0.15, -0.1) is 0 Å². The Kier molecular flexibility index (Phi) is 8.46. The van der Waals surface area contributed by atoms with Crippen molar-refractivity contribution in [1.29, 1.82) is 0 Å². The summed E-state index contributed by atoms with van der Waals surface area (Å²) in [6.07, 6.45) is 0. The van der Waals surface area contributed by atoms with E-state index in [0.29, 0.717) is 34.4 Å². The molecule has 0 aliphatic rings. The second-order valence-electron chi connectivity index (χ2n) is 7.80. The van der Waals surface area contributed by atoms with Gasteiger partial charge in [-0.25, -0.2) is 8.42 Å². The number of anilines is 1. The molecule has 0 aliphatic carbocycles. The van der Waals surface area contributed by atoms with E-state index in [0.717, 1.165) is 12.1 Å². The van der Waals surface area contributed by atoms with Gasteiger partial charge < -0.3 is 5.32 Å². The van der Waals surface area contributed by atoms with Gasteiger partial charge in [0.1, 0.15) is 0 Å². The lowest BCUT2D eigenvalue weighted by Crippen LogP contribution is -2.42. The first-order valence-corrected chi connectivity index (χ1v) is 12.2. The van der Waals surface area contributed by atoms with Crippen molar-refractivity contribution in [2.45, 2.75) is 51.6 Å². The Morgan fingerprint density at radius 1 is 1.07 bits per heavy atom. The number of rotatable bonds is 9. The number of aryl methyl sites for hydroxylation is 1. The Morgan fingerprint density at radius 3 is 2.37 bits per heavy atom. The zero-order chi connectivity index (χ0) is 22.5. The van der Waals surface area contributed by atoms with Crippen molar-refractivity contribution < 1.29 is 13.2 Å². The lowest BCUT2D eigenvalue weighted by atomic mass is 10.2. The van der Waals surface area contributed by atoms with Crippen LogP contribution in [-0.2, 0) is 10.0 Å². The molecule has 0 saturated heterocycles. The van der Waals surface area contributed by atoms with E-state index in [-0.39, 0.29) is 10.8 Å². The van der Waals surface area contributed by atoms with Crippen molar-refractivity contribution in [3.05, 3.63) is 58.1 Å². The van der Waals surface area contributed by atoms with Crippen LogP contribution in [0, 0.1) is 6.92 Å². The molecule has 0 unspecified atom stereocenters. The molecular weight excluding hydrogens is 466 g/mol. The number of nitrogens with one attached hydrogen (secondary N) is 2. The van der Waals surface area contributed by atoms with Crippen LogP contribution in [0.15, 0.2) is 51.8 Å². The van der Waals surface area contributed by atoms with Crippen molar-refractivity contribution in [2.75, 3.05) is 17.8 Å². The van der Waals surface area contributed by atoms with E-state index in [4.69, 9.17) is 0 Å². The van der Waals surface area contributed by atoms with Gasteiger partial charge in [0.25, 0.3) is 15.9 Å². The van der Waals surface area contributed by atoms with Crippen LogP contribution in [0.4, 0.5) is 5.69 Å². The maximum Gasteiger partial charge on any atom is 0.261 e. The molecule has 0 radical (unpaired) electrons. The molecule has 0 aliphatic heterocycles. The molecule has 2 rings (SSSR count). The Bertz CT molecular complexity index is 983. The largest absolute Gasteiger partial charge is 0.351 e. The summed E-state index contributed by atoms with van der Waals surface area (Å²) in [5.74, 6) is -0.295. The molecule has 0 atom stereocenters. The number of benzene rings is 2. The van der Waals surface area contributed by atoms with Crippen molar-refractivity contribution in [1.82, 2.24) is 10.2 Å². The van der Waals surface area contributed by atoms with Crippen LogP contribution in [0.5, 0.6) is 0 Å². The SMILES string of the molecule is Cc1ccc(Br)c(NS(=O)(=O)c2cccc(C(=O)NCCN(C(C)C)C(C)C)c2)c1. The maximum absolute atomic E-state index is 12.8.